The average molecular weight is 365 g/mol. The molecule has 0 fully saturated rings. The quantitative estimate of drug-likeness (QED) is 0.619. The molecule has 128 valence electrons. The molecule has 0 amide bonds. The van der Waals surface area contributed by atoms with Crippen molar-refractivity contribution in [2.24, 2.45) is 0 Å². The van der Waals surface area contributed by atoms with Crippen LogP contribution < -0.4 is 4.62 Å². The van der Waals surface area contributed by atoms with Crippen LogP contribution in [0.1, 0.15) is 25.1 Å². The first-order valence-electron chi connectivity index (χ1n) is 7.81. The first-order valence-corrected chi connectivity index (χ1v) is 10.2. The Morgan fingerprint density at radius 1 is 1.12 bits per heavy atom. The number of rotatable bonds is 6. The highest BCUT2D eigenvalue weighted by atomic mass is 32.1. The zero-order valence-corrected chi connectivity index (χ0v) is 15.9. The molecular weight excluding hydrogens is 345 g/mol. The van der Waals surface area contributed by atoms with E-state index in [-0.39, 0.29) is 0 Å². The third-order valence-electron chi connectivity index (χ3n) is 3.55. The first-order chi connectivity index (χ1) is 11.5. The summed E-state index contributed by atoms with van der Waals surface area (Å²) in [4.78, 5) is 5.24. The molecule has 0 atom stereocenters. The Labute approximate surface area is 145 Å². The van der Waals surface area contributed by atoms with Crippen molar-refractivity contribution in [3.8, 4) is 11.4 Å². The number of aryl methyl sites for hydroxylation is 2. The molecule has 0 unspecified atom stereocenters. The normalized spacial score (nSPS) is 12.2. The summed E-state index contributed by atoms with van der Waals surface area (Å²) in [6, 6.07) is 8.05. The highest BCUT2D eigenvalue weighted by Gasteiger charge is 2.33. The molecule has 0 saturated carbocycles. The number of hydrogen-bond donors (Lipinski definition) is 0. The van der Waals surface area contributed by atoms with Crippen molar-refractivity contribution in [1.29, 1.82) is 0 Å². The number of thiazole rings is 1. The third kappa shape index (κ3) is 3.05. The molecule has 0 saturated heterocycles. The number of benzene rings is 1. The molecule has 1 aromatic carbocycles. The van der Waals surface area contributed by atoms with Crippen molar-refractivity contribution in [2.75, 3.05) is 13.2 Å². The Bertz CT molecular complexity index is 891. The number of aromatic nitrogens is 3. The summed E-state index contributed by atoms with van der Waals surface area (Å²) in [7, 11) is -3.32. The highest BCUT2D eigenvalue weighted by Crippen LogP contribution is 2.49. The molecule has 0 aliphatic carbocycles. The van der Waals surface area contributed by atoms with Crippen LogP contribution >= 0.6 is 18.9 Å². The topological polar surface area (TPSA) is 65.7 Å². The Balaban J connectivity index is 2.05. The van der Waals surface area contributed by atoms with Crippen molar-refractivity contribution in [3.63, 3.8) is 0 Å². The standard InChI is InChI=1S/C16H20N3O3PS/c1-5-21-23(20,22-6-2)15-12(4)19-16(24-15)17-14(18-19)13-9-7-11(3)8-10-13/h7-10H,5-6H2,1-4H3. The lowest BCUT2D eigenvalue weighted by Gasteiger charge is -2.15. The van der Waals surface area contributed by atoms with Crippen molar-refractivity contribution in [1.82, 2.24) is 14.6 Å². The van der Waals surface area contributed by atoms with Gasteiger partial charge in [0.2, 0.25) is 4.96 Å². The van der Waals surface area contributed by atoms with Gasteiger partial charge >= 0.3 is 7.60 Å². The summed E-state index contributed by atoms with van der Waals surface area (Å²) in [6.07, 6.45) is 0. The molecule has 3 rings (SSSR count). The van der Waals surface area contributed by atoms with Crippen LogP contribution in [0.15, 0.2) is 24.3 Å². The van der Waals surface area contributed by atoms with Crippen molar-refractivity contribution < 1.29 is 13.6 Å². The van der Waals surface area contributed by atoms with Crippen LogP contribution in [-0.2, 0) is 13.6 Å². The summed E-state index contributed by atoms with van der Waals surface area (Å²) in [5.41, 5.74) is 2.88. The summed E-state index contributed by atoms with van der Waals surface area (Å²) in [6.45, 7) is 8.13. The third-order valence-corrected chi connectivity index (χ3v) is 7.45. The first kappa shape index (κ1) is 17.3. The molecule has 0 spiro atoms. The fourth-order valence-corrected chi connectivity index (χ4v) is 5.70. The SMILES string of the molecule is CCOP(=O)(OCC)c1sc2nc(-c3ccc(C)cc3)nn2c1C. The second-order valence-corrected chi connectivity index (χ2v) is 8.56. The minimum absolute atomic E-state index is 0.318. The highest BCUT2D eigenvalue weighted by molar-refractivity contribution is 7.69. The lowest BCUT2D eigenvalue weighted by molar-refractivity contribution is 0.230. The van der Waals surface area contributed by atoms with Gasteiger partial charge in [0, 0.05) is 5.56 Å². The van der Waals surface area contributed by atoms with Gasteiger partial charge in [0.1, 0.15) is 4.62 Å². The van der Waals surface area contributed by atoms with Crippen LogP contribution in [0.5, 0.6) is 0 Å². The Morgan fingerprint density at radius 3 is 2.29 bits per heavy atom. The van der Waals surface area contributed by atoms with E-state index in [1.807, 2.05) is 38.1 Å². The van der Waals surface area contributed by atoms with Gasteiger partial charge < -0.3 is 9.05 Å². The number of nitrogens with zero attached hydrogens (tertiary/aromatic N) is 3. The largest absolute Gasteiger partial charge is 0.373 e. The molecule has 2 aromatic heterocycles. The predicted octanol–water partition coefficient (Wildman–Crippen LogP) is 3.97. The Morgan fingerprint density at radius 2 is 1.75 bits per heavy atom. The van der Waals surface area contributed by atoms with Gasteiger partial charge in [-0.3, -0.25) is 4.57 Å². The average Bonchev–Trinajstić information content (AvgIpc) is 3.09. The molecule has 0 aliphatic rings. The Hall–Kier alpha value is -1.53. The van der Waals surface area contributed by atoms with Crippen molar-refractivity contribution in [3.05, 3.63) is 35.5 Å². The minimum atomic E-state index is -3.32. The second kappa shape index (κ2) is 6.76. The van der Waals surface area contributed by atoms with E-state index in [1.165, 1.54) is 16.9 Å². The lowest BCUT2D eigenvalue weighted by atomic mass is 10.1. The van der Waals surface area contributed by atoms with Crippen LogP contribution in [0.2, 0.25) is 0 Å². The maximum atomic E-state index is 13.0. The molecule has 8 heteroatoms. The molecule has 3 aromatic rings. The van der Waals surface area contributed by atoms with Gasteiger partial charge in [-0.2, -0.15) is 4.98 Å². The molecule has 24 heavy (non-hydrogen) atoms. The van der Waals surface area contributed by atoms with E-state index < -0.39 is 7.60 Å². The van der Waals surface area contributed by atoms with E-state index in [4.69, 9.17) is 9.05 Å². The van der Waals surface area contributed by atoms with Crippen LogP contribution in [-0.4, -0.2) is 27.8 Å². The molecular formula is C16H20N3O3PS. The van der Waals surface area contributed by atoms with Gasteiger partial charge in [0.15, 0.2) is 5.82 Å². The van der Waals surface area contributed by atoms with Crippen molar-refractivity contribution >= 4 is 28.5 Å². The molecule has 0 bridgehead atoms. The fourth-order valence-electron chi connectivity index (χ4n) is 2.41. The maximum Gasteiger partial charge on any atom is 0.373 e. The van der Waals surface area contributed by atoms with E-state index in [0.29, 0.717) is 28.6 Å². The van der Waals surface area contributed by atoms with E-state index in [0.717, 1.165) is 11.3 Å². The van der Waals surface area contributed by atoms with Gasteiger partial charge in [0.05, 0.1) is 18.9 Å². The summed E-state index contributed by atoms with van der Waals surface area (Å²) in [5, 5.41) is 4.55. The zero-order chi connectivity index (χ0) is 17.3. The minimum Gasteiger partial charge on any atom is -0.305 e. The summed E-state index contributed by atoms with van der Waals surface area (Å²) in [5.74, 6) is 0.651. The van der Waals surface area contributed by atoms with Crippen LogP contribution in [0, 0.1) is 13.8 Å². The summed E-state index contributed by atoms with van der Waals surface area (Å²) >= 11 is 1.31. The lowest BCUT2D eigenvalue weighted by Crippen LogP contribution is -2.11. The van der Waals surface area contributed by atoms with Gasteiger partial charge in [-0.15, -0.1) is 5.10 Å². The maximum absolute atomic E-state index is 13.0. The van der Waals surface area contributed by atoms with Crippen LogP contribution in [0.4, 0.5) is 0 Å². The molecule has 6 nitrogen and oxygen atoms in total. The zero-order valence-electron chi connectivity index (χ0n) is 14.1. The number of fused-ring (bicyclic) bond motifs is 1. The Kier molecular flexibility index (Phi) is 4.88. The van der Waals surface area contributed by atoms with Crippen molar-refractivity contribution in [2.45, 2.75) is 27.7 Å². The predicted molar refractivity (Wildman–Crippen MR) is 96.3 cm³/mol. The smallest absolute Gasteiger partial charge is 0.305 e. The summed E-state index contributed by atoms with van der Waals surface area (Å²) < 4.78 is 26.1. The van der Waals surface area contributed by atoms with Gasteiger partial charge in [-0.25, -0.2) is 4.52 Å². The molecule has 0 N–H and O–H groups in total. The van der Waals surface area contributed by atoms with E-state index in [1.54, 1.807) is 18.4 Å². The van der Waals surface area contributed by atoms with E-state index in [9.17, 15) is 4.57 Å². The fraction of sp³-hybridized carbons (Fsp3) is 0.375. The van der Waals surface area contributed by atoms with Crippen LogP contribution in [0.25, 0.3) is 16.3 Å². The number of hydrogen-bond acceptors (Lipinski definition) is 6. The molecule has 0 radical (unpaired) electrons. The van der Waals surface area contributed by atoms with Gasteiger partial charge in [0.25, 0.3) is 0 Å². The van der Waals surface area contributed by atoms with E-state index in [2.05, 4.69) is 10.1 Å². The second-order valence-electron chi connectivity index (χ2n) is 5.32. The van der Waals surface area contributed by atoms with Gasteiger partial charge in [-0.05, 0) is 27.7 Å². The molecule has 0 aliphatic heterocycles. The molecule has 2 heterocycles. The van der Waals surface area contributed by atoms with Gasteiger partial charge in [-0.1, -0.05) is 41.2 Å². The van der Waals surface area contributed by atoms with E-state index >= 15 is 0 Å². The van der Waals surface area contributed by atoms with Crippen LogP contribution in [0.3, 0.4) is 0 Å². The monoisotopic (exact) mass is 365 g/mol.